The predicted molar refractivity (Wildman–Crippen MR) is 113 cm³/mol. The summed E-state index contributed by atoms with van der Waals surface area (Å²) in [6.45, 7) is 0.621. The molecule has 0 spiro atoms. The average molecular weight is 382 g/mol. The Morgan fingerprint density at radius 3 is 2.52 bits per heavy atom. The van der Waals surface area contributed by atoms with Crippen molar-refractivity contribution in [2.24, 2.45) is 0 Å². The highest BCUT2D eigenvalue weighted by Gasteiger charge is 2.21. The monoisotopic (exact) mass is 382 g/mol. The topological polar surface area (TPSA) is 60.0 Å². The van der Waals surface area contributed by atoms with Gasteiger partial charge in [0.15, 0.2) is 11.8 Å². The molecule has 5 aromatic rings. The van der Waals surface area contributed by atoms with Gasteiger partial charge in [-0.3, -0.25) is 0 Å². The SMILES string of the molecule is O=c1cc(C[NH2+][C@@H](c2ccccc2)c2ccco2)c2c(ccc3ccccc32)o1. The summed E-state index contributed by atoms with van der Waals surface area (Å²) in [6.07, 6.45) is 1.69. The second kappa shape index (κ2) is 7.41. The lowest BCUT2D eigenvalue weighted by atomic mass is 10.0. The van der Waals surface area contributed by atoms with Gasteiger partial charge in [-0.05, 0) is 29.0 Å². The highest BCUT2D eigenvalue weighted by Crippen LogP contribution is 2.27. The lowest BCUT2D eigenvalue weighted by Crippen LogP contribution is -2.83. The summed E-state index contributed by atoms with van der Waals surface area (Å²) in [5, 5.41) is 5.40. The Morgan fingerprint density at radius 1 is 0.862 bits per heavy atom. The van der Waals surface area contributed by atoms with Crippen molar-refractivity contribution in [1.29, 1.82) is 0 Å². The van der Waals surface area contributed by atoms with Crippen molar-refractivity contribution in [3.63, 3.8) is 0 Å². The molecule has 142 valence electrons. The molecule has 0 fully saturated rings. The van der Waals surface area contributed by atoms with Gasteiger partial charge in [0, 0.05) is 22.6 Å². The predicted octanol–water partition coefficient (Wildman–Crippen LogP) is 4.39. The summed E-state index contributed by atoms with van der Waals surface area (Å²) >= 11 is 0. The molecule has 0 unspecified atom stereocenters. The summed E-state index contributed by atoms with van der Waals surface area (Å²) < 4.78 is 11.2. The van der Waals surface area contributed by atoms with Crippen molar-refractivity contribution in [3.05, 3.63) is 118 Å². The van der Waals surface area contributed by atoms with Crippen LogP contribution in [0.2, 0.25) is 0 Å². The summed E-state index contributed by atoms with van der Waals surface area (Å²) in [6, 6.07) is 27.8. The molecule has 2 N–H and O–H groups in total. The molecule has 0 aliphatic rings. The summed E-state index contributed by atoms with van der Waals surface area (Å²) in [4.78, 5) is 12.2. The normalized spacial score (nSPS) is 12.4. The zero-order valence-corrected chi connectivity index (χ0v) is 15.7. The molecule has 4 heteroatoms. The van der Waals surface area contributed by atoms with Crippen LogP contribution in [0.4, 0.5) is 0 Å². The first kappa shape index (κ1) is 17.5. The molecule has 0 radical (unpaired) electrons. The fraction of sp³-hybridized carbons (Fsp3) is 0.0800. The quantitative estimate of drug-likeness (QED) is 0.362. The van der Waals surface area contributed by atoms with E-state index in [1.807, 2.05) is 54.6 Å². The van der Waals surface area contributed by atoms with E-state index in [4.69, 9.17) is 8.83 Å². The molecule has 0 aliphatic heterocycles. The third-order valence-corrected chi connectivity index (χ3v) is 5.30. The summed E-state index contributed by atoms with van der Waals surface area (Å²) in [5.41, 5.74) is 2.40. The third-order valence-electron chi connectivity index (χ3n) is 5.30. The second-order valence-electron chi connectivity index (χ2n) is 7.09. The van der Waals surface area contributed by atoms with Crippen LogP contribution in [0.5, 0.6) is 0 Å². The summed E-state index contributed by atoms with van der Waals surface area (Å²) in [7, 11) is 0. The smallest absolute Gasteiger partial charge is 0.336 e. The Balaban J connectivity index is 1.59. The standard InChI is InChI=1S/C25H19NO3/c27-23-15-19(24-20-10-5-4-7-17(20)12-13-21(24)29-23)16-26-25(22-11-6-14-28-22)18-8-2-1-3-9-18/h1-15,25-26H,16H2/p+1/t25-/m0/s1. The molecule has 4 nitrogen and oxygen atoms in total. The number of nitrogens with two attached hydrogens (primary N) is 1. The van der Waals surface area contributed by atoms with Crippen molar-refractivity contribution < 1.29 is 14.2 Å². The molecule has 2 aromatic heterocycles. The molecular formula is C25H20NO3+. The lowest BCUT2D eigenvalue weighted by molar-refractivity contribution is -0.704. The lowest BCUT2D eigenvalue weighted by Gasteiger charge is -2.15. The number of furan rings is 1. The van der Waals surface area contributed by atoms with Gasteiger partial charge < -0.3 is 14.2 Å². The van der Waals surface area contributed by atoms with Crippen LogP contribution in [0.15, 0.2) is 105 Å². The first-order valence-corrected chi connectivity index (χ1v) is 9.66. The minimum atomic E-state index is -0.328. The van der Waals surface area contributed by atoms with Gasteiger partial charge in [-0.2, -0.15) is 0 Å². The summed E-state index contributed by atoms with van der Waals surface area (Å²) in [5.74, 6) is 0.883. The zero-order valence-electron chi connectivity index (χ0n) is 15.7. The largest absolute Gasteiger partial charge is 0.463 e. The molecule has 0 bridgehead atoms. The van der Waals surface area contributed by atoms with Crippen LogP contribution in [0.25, 0.3) is 21.7 Å². The number of rotatable bonds is 5. The van der Waals surface area contributed by atoms with E-state index >= 15 is 0 Å². The van der Waals surface area contributed by atoms with Gasteiger partial charge in [-0.25, -0.2) is 4.79 Å². The van der Waals surface area contributed by atoms with E-state index in [1.54, 1.807) is 12.3 Å². The van der Waals surface area contributed by atoms with E-state index in [2.05, 4.69) is 29.6 Å². The fourth-order valence-corrected chi connectivity index (χ4v) is 3.97. The van der Waals surface area contributed by atoms with Gasteiger partial charge in [-0.1, -0.05) is 60.7 Å². The van der Waals surface area contributed by atoms with Gasteiger partial charge in [0.05, 0.1) is 6.26 Å². The van der Waals surface area contributed by atoms with Gasteiger partial charge in [0.2, 0.25) is 0 Å². The Bertz CT molecular complexity index is 1320. The van der Waals surface area contributed by atoms with Crippen LogP contribution in [0, 0.1) is 0 Å². The molecule has 29 heavy (non-hydrogen) atoms. The Hall–Kier alpha value is -3.63. The Labute approximate surface area is 167 Å². The maximum atomic E-state index is 12.2. The van der Waals surface area contributed by atoms with E-state index in [0.29, 0.717) is 12.1 Å². The van der Waals surface area contributed by atoms with E-state index in [1.165, 1.54) is 0 Å². The van der Waals surface area contributed by atoms with Crippen molar-refractivity contribution in [1.82, 2.24) is 0 Å². The molecule has 1 atom stereocenters. The fourth-order valence-electron chi connectivity index (χ4n) is 3.97. The first-order valence-electron chi connectivity index (χ1n) is 9.66. The first-order chi connectivity index (χ1) is 14.3. The minimum Gasteiger partial charge on any atom is -0.463 e. The minimum absolute atomic E-state index is 0.00322. The number of benzene rings is 3. The van der Waals surface area contributed by atoms with Crippen LogP contribution in [0.1, 0.15) is 22.9 Å². The van der Waals surface area contributed by atoms with Crippen LogP contribution >= 0.6 is 0 Å². The van der Waals surface area contributed by atoms with Gasteiger partial charge in [0.25, 0.3) is 0 Å². The van der Waals surface area contributed by atoms with Crippen molar-refractivity contribution >= 4 is 21.7 Å². The molecule has 0 saturated heterocycles. The number of hydrogen-bond acceptors (Lipinski definition) is 3. The second-order valence-corrected chi connectivity index (χ2v) is 7.09. The van der Waals surface area contributed by atoms with Crippen LogP contribution in [0.3, 0.4) is 0 Å². The van der Waals surface area contributed by atoms with E-state index in [9.17, 15) is 4.79 Å². The van der Waals surface area contributed by atoms with E-state index in [-0.39, 0.29) is 11.7 Å². The Morgan fingerprint density at radius 2 is 1.69 bits per heavy atom. The molecule has 2 heterocycles. The molecule has 0 amide bonds. The molecule has 0 aliphatic carbocycles. The maximum absolute atomic E-state index is 12.2. The highest BCUT2D eigenvalue weighted by atomic mass is 16.4. The van der Waals surface area contributed by atoms with Gasteiger partial charge in [-0.15, -0.1) is 0 Å². The van der Waals surface area contributed by atoms with Crippen LogP contribution in [-0.2, 0) is 6.54 Å². The molecular weight excluding hydrogens is 362 g/mol. The van der Waals surface area contributed by atoms with Crippen LogP contribution in [-0.4, -0.2) is 0 Å². The average Bonchev–Trinajstić information content (AvgIpc) is 3.28. The molecule has 0 saturated carbocycles. The van der Waals surface area contributed by atoms with Crippen molar-refractivity contribution in [2.45, 2.75) is 12.6 Å². The van der Waals surface area contributed by atoms with E-state index in [0.717, 1.165) is 33.0 Å². The number of quaternary nitrogens is 1. The number of fused-ring (bicyclic) bond motifs is 3. The molecule has 5 rings (SSSR count). The number of hydrogen-bond donors (Lipinski definition) is 1. The van der Waals surface area contributed by atoms with E-state index < -0.39 is 0 Å². The van der Waals surface area contributed by atoms with Gasteiger partial charge >= 0.3 is 5.63 Å². The Kier molecular flexibility index (Phi) is 4.47. The zero-order chi connectivity index (χ0) is 19.6. The van der Waals surface area contributed by atoms with Crippen LogP contribution < -0.4 is 10.9 Å². The highest BCUT2D eigenvalue weighted by molar-refractivity contribution is 6.06. The maximum Gasteiger partial charge on any atom is 0.336 e. The van der Waals surface area contributed by atoms with Crippen molar-refractivity contribution in [3.8, 4) is 0 Å². The van der Waals surface area contributed by atoms with Crippen molar-refractivity contribution in [2.75, 3.05) is 0 Å². The van der Waals surface area contributed by atoms with Gasteiger partial charge in [0.1, 0.15) is 12.1 Å². The third kappa shape index (κ3) is 3.35. The molecule has 3 aromatic carbocycles.